The number of nitrogens with two attached hydrogens (primary N) is 1. The first-order valence-corrected chi connectivity index (χ1v) is 4.27. The molecule has 4 N–H and O–H groups in total. The van der Waals surface area contributed by atoms with Crippen molar-refractivity contribution in [2.24, 2.45) is 5.73 Å². The van der Waals surface area contributed by atoms with E-state index in [1.807, 2.05) is 6.07 Å². The molecule has 0 radical (unpaired) electrons. The Morgan fingerprint density at radius 1 is 1.47 bits per heavy atom. The number of carbonyl (C=O) groups excluding carboxylic acids is 1. The third-order valence-corrected chi connectivity index (χ3v) is 1.84. The maximum Gasteiger partial charge on any atom is 0.254 e. The van der Waals surface area contributed by atoms with Crippen molar-refractivity contribution in [3.63, 3.8) is 0 Å². The van der Waals surface area contributed by atoms with Crippen LogP contribution in [0.2, 0.25) is 0 Å². The highest BCUT2D eigenvalue weighted by Crippen LogP contribution is 2.16. The molecule has 6 nitrogen and oxygen atoms in total. The minimum atomic E-state index is -0.532. The van der Waals surface area contributed by atoms with Gasteiger partial charge in [-0.2, -0.15) is 5.10 Å². The van der Waals surface area contributed by atoms with Crippen LogP contribution in [0.25, 0.3) is 0 Å². The fourth-order valence-corrected chi connectivity index (χ4v) is 1.15. The topological polar surface area (TPSA) is 96.7 Å². The third-order valence-electron chi connectivity index (χ3n) is 1.84. The second-order valence-corrected chi connectivity index (χ2v) is 2.89. The summed E-state index contributed by atoms with van der Waals surface area (Å²) in [6, 6.07) is 3.60. The average molecular weight is 203 g/mol. The summed E-state index contributed by atoms with van der Waals surface area (Å²) in [4.78, 5) is 14.9. The van der Waals surface area contributed by atoms with Gasteiger partial charge in [0.05, 0.1) is 18.1 Å². The lowest BCUT2D eigenvalue weighted by Gasteiger charge is -2.03. The lowest BCUT2D eigenvalue weighted by Crippen LogP contribution is -2.11. The van der Waals surface area contributed by atoms with Gasteiger partial charge in [0.25, 0.3) is 5.91 Å². The molecule has 2 aromatic heterocycles. The Bertz CT molecular complexity index is 464. The third kappa shape index (κ3) is 1.93. The van der Waals surface area contributed by atoms with Gasteiger partial charge in [0.1, 0.15) is 11.4 Å². The van der Waals surface area contributed by atoms with Crippen LogP contribution in [-0.4, -0.2) is 21.1 Å². The van der Waals surface area contributed by atoms with Gasteiger partial charge in [-0.1, -0.05) is 0 Å². The van der Waals surface area contributed by atoms with Crippen molar-refractivity contribution in [1.29, 1.82) is 0 Å². The van der Waals surface area contributed by atoms with Gasteiger partial charge in [-0.05, 0) is 12.1 Å². The van der Waals surface area contributed by atoms with Crippen molar-refractivity contribution >= 4 is 17.4 Å². The maximum atomic E-state index is 11.0. The molecule has 0 aliphatic carbocycles. The molecule has 0 saturated carbocycles. The molecular formula is C9H9N5O. The van der Waals surface area contributed by atoms with Crippen molar-refractivity contribution < 1.29 is 4.79 Å². The van der Waals surface area contributed by atoms with Crippen LogP contribution >= 0.6 is 0 Å². The molecule has 1 amide bonds. The quantitative estimate of drug-likeness (QED) is 0.682. The van der Waals surface area contributed by atoms with Gasteiger partial charge in [-0.25, -0.2) is 0 Å². The number of carbonyl (C=O) groups is 1. The van der Waals surface area contributed by atoms with Gasteiger partial charge >= 0.3 is 0 Å². The largest absolute Gasteiger partial charge is 0.365 e. The summed E-state index contributed by atoms with van der Waals surface area (Å²) in [6.07, 6.45) is 4.67. The van der Waals surface area contributed by atoms with E-state index in [0.717, 1.165) is 5.69 Å². The average Bonchev–Trinajstić information content (AvgIpc) is 2.67. The molecule has 15 heavy (non-hydrogen) atoms. The van der Waals surface area contributed by atoms with E-state index in [9.17, 15) is 4.79 Å². The van der Waals surface area contributed by atoms with E-state index >= 15 is 0 Å². The molecule has 2 heterocycles. The van der Waals surface area contributed by atoms with Crippen molar-refractivity contribution in [1.82, 2.24) is 15.2 Å². The molecule has 0 spiro atoms. The number of amides is 1. The number of hydrogen-bond donors (Lipinski definition) is 3. The maximum absolute atomic E-state index is 11.0. The number of anilines is 2. The monoisotopic (exact) mass is 203 g/mol. The zero-order valence-electron chi connectivity index (χ0n) is 7.77. The molecule has 0 saturated heterocycles. The molecule has 2 rings (SSSR count). The Morgan fingerprint density at radius 2 is 2.33 bits per heavy atom. The molecule has 0 aromatic carbocycles. The molecule has 0 bridgehead atoms. The van der Waals surface area contributed by atoms with E-state index in [0.29, 0.717) is 11.4 Å². The Balaban J connectivity index is 2.25. The van der Waals surface area contributed by atoms with Gasteiger partial charge in [0, 0.05) is 6.20 Å². The number of aromatic amines is 1. The normalized spacial score (nSPS) is 9.87. The molecule has 76 valence electrons. The van der Waals surface area contributed by atoms with E-state index in [1.54, 1.807) is 18.5 Å². The summed E-state index contributed by atoms with van der Waals surface area (Å²) >= 11 is 0. The van der Waals surface area contributed by atoms with Crippen molar-refractivity contribution in [2.75, 3.05) is 5.32 Å². The highest BCUT2D eigenvalue weighted by Gasteiger charge is 2.09. The standard InChI is InChI=1S/C9H9N5O/c10-8(15)7-5-12-14-9(7)13-6-2-1-3-11-4-6/h1-5H,(H2,10,15)(H2,12,13,14). The van der Waals surface area contributed by atoms with Gasteiger partial charge in [0.2, 0.25) is 0 Å². The number of rotatable bonds is 3. The summed E-state index contributed by atoms with van der Waals surface area (Å²) in [5.41, 5.74) is 6.23. The van der Waals surface area contributed by atoms with Gasteiger partial charge < -0.3 is 11.1 Å². The van der Waals surface area contributed by atoms with Crippen LogP contribution in [0.1, 0.15) is 10.4 Å². The van der Waals surface area contributed by atoms with Crippen LogP contribution in [0, 0.1) is 0 Å². The second kappa shape index (κ2) is 3.79. The Morgan fingerprint density at radius 3 is 3.00 bits per heavy atom. The number of nitrogens with one attached hydrogen (secondary N) is 2. The minimum Gasteiger partial charge on any atom is -0.365 e. The highest BCUT2D eigenvalue weighted by atomic mass is 16.1. The van der Waals surface area contributed by atoms with Crippen LogP contribution in [0.3, 0.4) is 0 Å². The summed E-state index contributed by atoms with van der Waals surface area (Å²) in [5, 5.41) is 9.33. The first-order chi connectivity index (χ1) is 7.27. The van der Waals surface area contributed by atoms with Gasteiger partial charge in [-0.3, -0.25) is 14.9 Å². The fourth-order valence-electron chi connectivity index (χ4n) is 1.15. The second-order valence-electron chi connectivity index (χ2n) is 2.89. The van der Waals surface area contributed by atoms with Crippen LogP contribution in [0.4, 0.5) is 11.5 Å². The van der Waals surface area contributed by atoms with Gasteiger partial charge in [0.15, 0.2) is 0 Å². The van der Waals surface area contributed by atoms with E-state index in [2.05, 4.69) is 20.5 Å². The smallest absolute Gasteiger partial charge is 0.254 e. The van der Waals surface area contributed by atoms with Crippen LogP contribution in [0.15, 0.2) is 30.7 Å². The van der Waals surface area contributed by atoms with Crippen molar-refractivity contribution in [3.05, 3.63) is 36.3 Å². The SMILES string of the molecule is NC(=O)c1cn[nH]c1Nc1cccnc1. The molecule has 0 aliphatic rings. The summed E-state index contributed by atoms with van der Waals surface area (Å²) in [6.45, 7) is 0. The number of aromatic nitrogens is 3. The van der Waals surface area contributed by atoms with E-state index in [4.69, 9.17) is 5.73 Å². The molecule has 0 fully saturated rings. The minimum absolute atomic E-state index is 0.318. The summed E-state index contributed by atoms with van der Waals surface area (Å²) < 4.78 is 0. The number of nitrogens with zero attached hydrogens (tertiary/aromatic N) is 2. The fraction of sp³-hybridized carbons (Fsp3) is 0. The molecular weight excluding hydrogens is 194 g/mol. The molecule has 0 aliphatic heterocycles. The van der Waals surface area contributed by atoms with Gasteiger partial charge in [-0.15, -0.1) is 0 Å². The summed E-state index contributed by atoms with van der Waals surface area (Å²) in [7, 11) is 0. The number of primary amides is 1. The molecule has 6 heteroatoms. The van der Waals surface area contributed by atoms with Crippen molar-refractivity contribution in [3.8, 4) is 0 Å². The number of pyridine rings is 1. The number of hydrogen-bond acceptors (Lipinski definition) is 4. The van der Waals surface area contributed by atoms with E-state index < -0.39 is 5.91 Å². The predicted molar refractivity (Wildman–Crippen MR) is 54.6 cm³/mol. The first kappa shape index (κ1) is 9.20. The van der Waals surface area contributed by atoms with Crippen molar-refractivity contribution in [2.45, 2.75) is 0 Å². The number of H-pyrrole nitrogens is 1. The van der Waals surface area contributed by atoms with E-state index in [-0.39, 0.29) is 0 Å². The van der Waals surface area contributed by atoms with Crippen LogP contribution < -0.4 is 11.1 Å². The molecule has 2 aromatic rings. The lowest BCUT2D eigenvalue weighted by molar-refractivity contribution is 0.100. The zero-order chi connectivity index (χ0) is 10.7. The Hall–Kier alpha value is -2.37. The zero-order valence-corrected chi connectivity index (χ0v) is 7.77. The summed E-state index contributed by atoms with van der Waals surface area (Å²) in [5.74, 6) is -0.0642. The molecule has 0 atom stereocenters. The highest BCUT2D eigenvalue weighted by molar-refractivity contribution is 5.97. The lowest BCUT2D eigenvalue weighted by atomic mass is 10.3. The Kier molecular flexibility index (Phi) is 2.32. The molecule has 0 unspecified atom stereocenters. The Labute approximate surface area is 85.5 Å². The van der Waals surface area contributed by atoms with Crippen LogP contribution in [0.5, 0.6) is 0 Å². The van der Waals surface area contributed by atoms with Crippen LogP contribution in [-0.2, 0) is 0 Å². The van der Waals surface area contributed by atoms with E-state index in [1.165, 1.54) is 6.20 Å². The predicted octanol–water partition coefficient (Wildman–Crippen LogP) is 0.647. The first-order valence-electron chi connectivity index (χ1n) is 4.27.